The molecule has 2 aliphatic heterocycles. The van der Waals surface area contributed by atoms with Gasteiger partial charge < -0.3 is 40.2 Å². The van der Waals surface area contributed by atoms with Crippen molar-refractivity contribution in [1.29, 1.82) is 0 Å². The molecular weight excluding hydrogens is 676 g/mol. The van der Waals surface area contributed by atoms with Gasteiger partial charge in [-0.3, -0.25) is 9.59 Å². The van der Waals surface area contributed by atoms with Gasteiger partial charge in [-0.25, -0.2) is 19.6 Å². The Labute approximate surface area is 307 Å². The Hall–Kier alpha value is -6.02. The topological polar surface area (TPSA) is 186 Å². The highest BCUT2D eigenvalue weighted by molar-refractivity contribution is 5.87. The van der Waals surface area contributed by atoms with Crippen LogP contribution < -0.4 is 10.6 Å². The lowest BCUT2D eigenvalue weighted by Gasteiger charge is -2.29. The summed E-state index contributed by atoms with van der Waals surface area (Å²) < 4.78 is 4.74. The molecule has 276 valence electrons. The second kappa shape index (κ2) is 15.7. The normalized spacial score (nSPS) is 18.0. The van der Waals surface area contributed by atoms with Gasteiger partial charge in [0.05, 0.1) is 41.3 Å². The van der Waals surface area contributed by atoms with E-state index in [-0.39, 0.29) is 35.7 Å². The Kier molecular flexibility index (Phi) is 10.9. The molecule has 14 heteroatoms. The average Bonchev–Trinajstić information content (AvgIpc) is 3.95. The molecule has 4 atom stereocenters. The zero-order valence-corrected chi connectivity index (χ0v) is 30.4. The van der Waals surface area contributed by atoms with Crippen LogP contribution in [0.25, 0.3) is 22.1 Å². The number of H-pyrrole nitrogens is 2. The van der Waals surface area contributed by atoms with Crippen LogP contribution in [-0.4, -0.2) is 91.1 Å². The first kappa shape index (κ1) is 36.8. The number of hydrogen-bond acceptors (Lipinski definition) is 7. The number of amides is 4. The van der Waals surface area contributed by atoms with Gasteiger partial charge in [0.2, 0.25) is 11.8 Å². The molecule has 4 heterocycles. The monoisotopic (exact) mass is 720 g/mol. The number of ether oxygens (including phenoxy) is 1. The predicted molar refractivity (Wildman–Crippen MR) is 197 cm³/mol. The zero-order chi connectivity index (χ0) is 37.8. The highest BCUT2D eigenvalue weighted by Gasteiger charge is 2.39. The number of benzene rings is 2. The van der Waals surface area contributed by atoms with Crippen molar-refractivity contribution < 1.29 is 29.0 Å². The lowest BCUT2D eigenvalue weighted by atomic mass is 10.0. The number of fused-ring (bicyclic) bond motifs is 2. The molecule has 0 radical (unpaired) electrons. The Morgan fingerprint density at radius 1 is 0.774 bits per heavy atom. The van der Waals surface area contributed by atoms with Crippen molar-refractivity contribution in [2.45, 2.75) is 77.5 Å². The van der Waals surface area contributed by atoms with E-state index >= 15 is 0 Å². The van der Waals surface area contributed by atoms with Crippen LogP contribution in [0.15, 0.2) is 36.4 Å². The van der Waals surface area contributed by atoms with E-state index in [1.54, 1.807) is 9.80 Å². The highest BCUT2D eigenvalue weighted by atomic mass is 16.5. The van der Waals surface area contributed by atoms with Crippen LogP contribution in [-0.2, 0) is 14.3 Å². The SMILES string of the molecule is COC(=O)N[C@H](C(=O)N1CCCC1c1nc2ccc(C#CC#Cc3ccc4nc([C@@H]5CCCN5C(=O)[C@@H](NC(=O)O)C(C)C)[nH]c4c3)cc2[nH]1)C(C)C. The summed E-state index contributed by atoms with van der Waals surface area (Å²) in [6, 6.07) is 9.27. The number of nitrogens with zero attached hydrogens (tertiary/aromatic N) is 4. The van der Waals surface area contributed by atoms with E-state index in [9.17, 15) is 24.3 Å². The van der Waals surface area contributed by atoms with Gasteiger partial charge in [0.1, 0.15) is 23.7 Å². The van der Waals surface area contributed by atoms with Crippen molar-refractivity contribution in [3.63, 3.8) is 0 Å². The number of alkyl carbamates (subject to hydrolysis) is 1. The van der Waals surface area contributed by atoms with Crippen molar-refractivity contribution in [3.8, 4) is 23.7 Å². The minimum Gasteiger partial charge on any atom is -0.465 e. The minimum absolute atomic E-state index is 0.120. The van der Waals surface area contributed by atoms with Crippen molar-refractivity contribution in [2.24, 2.45) is 11.8 Å². The van der Waals surface area contributed by atoms with Gasteiger partial charge in [0.25, 0.3) is 0 Å². The van der Waals surface area contributed by atoms with Crippen LogP contribution >= 0.6 is 0 Å². The predicted octanol–water partition coefficient (Wildman–Crippen LogP) is 4.84. The maximum Gasteiger partial charge on any atom is 0.407 e. The summed E-state index contributed by atoms with van der Waals surface area (Å²) in [6.45, 7) is 8.52. The van der Waals surface area contributed by atoms with Crippen molar-refractivity contribution in [3.05, 3.63) is 59.2 Å². The quantitative estimate of drug-likeness (QED) is 0.160. The second-order valence-corrected chi connectivity index (χ2v) is 14.1. The molecule has 1 unspecified atom stereocenters. The van der Waals surface area contributed by atoms with E-state index in [0.29, 0.717) is 24.7 Å². The number of carbonyl (C=O) groups is 4. The summed E-state index contributed by atoms with van der Waals surface area (Å²) >= 11 is 0. The maximum atomic E-state index is 13.5. The minimum atomic E-state index is -1.22. The Morgan fingerprint density at radius 3 is 1.64 bits per heavy atom. The van der Waals surface area contributed by atoms with Crippen LogP contribution in [0.4, 0.5) is 9.59 Å². The second-order valence-electron chi connectivity index (χ2n) is 14.1. The smallest absolute Gasteiger partial charge is 0.407 e. The molecule has 0 spiro atoms. The Balaban J connectivity index is 1.14. The number of imidazole rings is 2. The molecule has 2 fully saturated rings. The number of likely N-dealkylation sites (tertiary alicyclic amines) is 2. The fourth-order valence-electron chi connectivity index (χ4n) is 7.07. The molecule has 4 amide bonds. The molecule has 0 aliphatic carbocycles. The van der Waals surface area contributed by atoms with E-state index in [1.165, 1.54) is 7.11 Å². The standard InChI is InChI=1S/C39H44N8O6/c1-22(2)32(44-38(50)51)36(48)46-18-8-12-30(46)34-40-26-16-14-24(20-28(26)42-34)10-6-7-11-25-15-17-27-29(21-25)43-35(41-27)31-13-9-19-47(31)37(49)33(23(3)4)45-39(52)53-5/h14-17,20-23,30-33,44H,8-9,12-13,18-19H2,1-5H3,(H,40,42)(H,41,43)(H,45,52)(H,50,51)/t30-,31?,32-,33-/m0/s1. The van der Waals surface area contributed by atoms with Crippen LogP contribution in [0.3, 0.4) is 0 Å². The molecule has 5 N–H and O–H groups in total. The van der Waals surface area contributed by atoms with E-state index in [4.69, 9.17) is 14.7 Å². The molecule has 2 aliphatic rings. The summed E-state index contributed by atoms with van der Waals surface area (Å²) in [5.41, 5.74) is 4.59. The first-order chi connectivity index (χ1) is 25.4. The average molecular weight is 721 g/mol. The highest BCUT2D eigenvalue weighted by Crippen LogP contribution is 2.34. The first-order valence-electron chi connectivity index (χ1n) is 17.9. The molecule has 2 aromatic carbocycles. The number of methoxy groups -OCH3 is 1. The number of carbonyl (C=O) groups excluding carboxylic acids is 3. The van der Waals surface area contributed by atoms with Crippen LogP contribution in [0.5, 0.6) is 0 Å². The van der Waals surface area contributed by atoms with Gasteiger partial charge >= 0.3 is 12.2 Å². The van der Waals surface area contributed by atoms with Gasteiger partial charge in [-0.1, -0.05) is 39.5 Å². The molecule has 4 aromatic rings. The number of aromatic amines is 2. The Bertz CT molecular complexity index is 2170. The van der Waals surface area contributed by atoms with Crippen LogP contribution in [0.2, 0.25) is 0 Å². The third kappa shape index (κ3) is 8.07. The molecule has 6 rings (SSSR count). The largest absolute Gasteiger partial charge is 0.465 e. The van der Waals surface area contributed by atoms with Crippen LogP contribution in [0, 0.1) is 35.5 Å². The molecule has 0 bridgehead atoms. The summed E-state index contributed by atoms with van der Waals surface area (Å²) in [7, 11) is 1.28. The zero-order valence-electron chi connectivity index (χ0n) is 30.4. The maximum absolute atomic E-state index is 13.5. The third-order valence-electron chi connectivity index (χ3n) is 9.78. The number of carboxylic acid groups (broad SMARTS) is 1. The van der Waals surface area contributed by atoms with Crippen molar-refractivity contribution in [1.82, 2.24) is 40.4 Å². The van der Waals surface area contributed by atoms with Crippen LogP contribution in [0.1, 0.15) is 88.2 Å². The fraction of sp³-hybridized carbons (Fsp3) is 0.436. The van der Waals surface area contributed by atoms with E-state index in [2.05, 4.69) is 44.3 Å². The fourth-order valence-corrected chi connectivity index (χ4v) is 7.07. The van der Waals surface area contributed by atoms with Gasteiger partial charge in [0, 0.05) is 24.2 Å². The lowest BCUT2D eigenvalue weighted by molar-refractivity contribution is -0.136. The molecule has 0 saturated carbocycles. The van der Waals surface area contributed by atoms with Gasteiger partial charge in [-0.2, -0.15) is 0 Å². The molecule has 53 heavy (non-hydrogen) atoms. The van der Waals surface area contributed by atoms with Crippen molar-refractivity contribution >= 4 is 46.1 Å². The van der Waals surface area contributed by atoms with Crippen molar-refractivity contribution in [2.75, 3.05) is 20.2 Å². The number of aromatic nitrogens is 4. The summed E-state index contributed by atoms with van der Waals surface area (Å²) in [4.78, 5) is 69.9. The number of nitrogens with one attached hydrogen (secondary N) is 4. The summed E-state index contributed by atoms with van der Waals surface area (Å²) in [6.07, 6.45) is 1.25. The van der Waals surface area contributed by atoms with Gasteiger partial charge in [-0.05, 0) is 85.8 Å². The van der Waals surface area contributed by atoms with Gasteiger partial charge in [0.15, 0.2) is 0 Å². The number of hydrogen-bond donors (Lipinski definition) is 5. The molecule has 14 nitrogen and oxygen atoms in total. The van der Waals surface area contributed by atoms with E-state index in [1.807, 2.05) is 64.1 Å². The molecular formula is C39H44N8O6. The summed E-state index contributed by atoms with van der Waals surface area (Å²) in [5, 5.41) is 14.3. The molecule has 2 saturated heterocycles. The molecule has 2 aromatic heterocycles. The van der Waals surface area contributed by atoms with Gasteiger partial charge in [-0.15, -0.1) is 0 Å². The van der Waals surface area contributed by atoms with E-state index in [0.717, 1.165) is 58.9 Å². The first-order valence-corrected chi connectivity index (χ1v) is 17.9. The summed E-state index contributed by atoms with van der Waals surface area (Å²) in [5.74, 6) is 12.7. The lowest BCUT2D eigenvalue weighted by Crippen LogP contribution is -2.51. The van der Waals surface area contributed by atoms with E-state index < -0.39 is 24.3 Å². The number of rotatable bonds is 8. The Morgan fingerprint density at radius 2 is 1.23 bits per heavy atom. The third-order valence-corrected chi connectivity index (χ3v) is 9.78.